The van der Waals surface area contributed by atoms with Gasteiger partial charge in [-0.25, -0.2) is 4.58 Å². The van der Waals surface area contributed by atoms with Crippen LogP contribution < -0.4 is 0 Å². The van der Waals surface area contributed by atoms with Gasteiger partial charge in [0.15, 0.2) is 0 Å². The second-order valence-corrected chi connectivity index (χ2v) is 29.0. The van der Waals surface area contributed by atoms with Crippen LogP contribution in [0.15, 0.2) is 0 Å². The largest absolute Gasteiger partial charge is 0.698 e. The molecule has 3 N–H and O–H groups in total. The second kappa shape index (κ2) is 8.75. The Balaban J connectivity index is 0.000000541. The van der Waals surface area contributed by atoms with Crippen LogP contribution in [0.5, 0.6) is 0 Å². The highest BCUT2D eigenvalue weighted by molar-refractivity contribution is 6.92. The maximum absolute atomic E-state index is 8.31. The predicted octanol–water partition coefficient (Wildman–Crippen LogP) is 2.06. The van der Waals surface area contributed by atoms with E-state index in [0.717, 1.165) is 0 Å². The summed E-state index contributed by atoms with van der Waals surface area (Å²) in [6.45, 7) is 21.9. The highest BCUT2D eigenvalue weighted by Gasteiger charge is 2.50. The van der Waals surface area contributed by atoms with Gasteiger partial charge in [0.2, 0.25) is 8.32 Å². The van der Waals surface area contributed by atoms with Crippen LogP contribution in [-0.2, 0) is 25.6 Å². The molecule has 0 aromatic rings. The fourth-order valence-electron chi connectivity index (χ4n) is 2.63. The first-order valence-electron chi connectivity index (χ1n) is 8.38. The van der Waals surface area contributed by atoms with E-state index in [-0.39, 0.29) is 0 Å². The zero-order valence-electron chi connectivity index (χ0n) is 17.8. The quantitative estimate of drug-likeness (QED) is 0.317. The highest BCUT2D eigenvalue weighted by Crippen LogP contribution is 2.30. The van der Waals surface area contributed by atoms with Crippen LogP contribution in [0.25, 0.3) is 0 Å². The molecule has 0 amide bonds. The average Bonchev–Trinajstić information content (AvgIpc) is 2.15. The minimum Gasteiger partial charge on any atom is -0.416 e. The molecule has 1 aliphatic heterocycles. The molecule has 9 nitrogen and oxygen atoms in total. The minimum atomic E-state index is -4.45. The van der Waals surface area contributed by atoms with Crippen molar-refractivity contribution in [3.63, 3.8) is 0 Å². The Hall–Kier alpha value is 0.941. The molecule has 0 saturated carbocycles. The third kappa shape index (κ3) is 14.0. The summed E-state index contributed by atoms with van der Waals surface area (Å²) in [5.41, 5.74) is 0. The summed E-state index contributed by atoms with van der Waals surface area (Å²) >= 11 is 0. The summed E-state index contributed by atoms with van der Waals surface area (Å²) in [5, 5.41) is 0. The monoisotopic (exact) mass is 480 g/mol. The molecule has 1 fully saturated rings. The van der Waals surface area contributed by atoms with Crippen LogP contribution in [0.3, 0.4) is 0 Å². The summed E-state index contributed by atoms with van der Waals surface area (Å²) in [5.74, 6) is 0. The van der Waals surface area contributed by atoms with Gasteiger partial charge in [-0.3, -0.25) is 4.58 Å². The van der Waals surface area contributed by atoms with Gasteiger partial charge in [0.05, 0.1) is 0 Å². The molecular formula is C11H36O9Si6. The van der Waals surface area contributed by atoms with E-state index in [4.69, 9.17) is 30.8 Å². The van der Waals surface area contributed by atoms with Crippen molar-refractivity contribution in [2.75, 3.05) is 0 Å². The molecule has 0 aromatic heterocycles. The van der Waals surface area contributed by atoms with E-state index in [9.17, 15) is 0 Å². The van der Waals surface area contributed by atoms with E-state index in [1.165, 1.54) is 0 Å². The Bertz CT molecular complexity index is 372. The third-order valence-electron chi connectivity index (χ3n) is 2.37. The second-order valence-electron chi connectivity index (χ2n) is 8.86. The molecule has 0 spiro atoms. The number of hydrogen-bond acceptors (Lipinski definition) is 9. The Labute approximate surface area is 163 Å². The van der Waals surface area contributed by atoms with E-state index < -0.39 is 51.6 Å². The molecule has 26 heavy (non-hydrogen) atoms. The third-order valence-corrected chi connectivity index (χ3v) is 19.2. The van der Waals surface area contributed by atoms with Crippen molar-refractivity contribution in [1.82, 2.24) is 0 Å². The Kier molecular flexibility index (Phi) is 9.07. The van der Waals surface area contributed by atoms with Gasteiger partial charge in [0, 0.05) is 0 Å². The van der Waals surface area contributed by atoms with Gasteiger partial charge < -0.3 is 30.8 Å². The van der Waals surface area contributed by atoms with Crippen LogP contribution in [0.2, 0.25) is 72.0 Å². The predicted molar refractivity (Wildman–Crippen MR) is 112 cm³/mol. The lowest BCUT2D eigenvalue weighted by atomic mass is 11.8. The standard InChI is InChI=1S/C8H24O4Si4.C3H12O5Si2/c1-13(2)9-14(3,4)11-16(7,8)12-15(5,6)10-13;1-9(2,3)7-8-10(4,5)6/h1-8H3;4-6H,1-3H3. The molecule has 0 atom stereocenters. The highest BCUT2D eigenvalue weighted by atomic mass is 28.5. The number of rotatable bonds is 3. The molecule has 0 unspecified atom stereocenters. The molecule has 0 aliphatic carbocycles. The van der Waals surface area contributed by atoms with Crippen LogP contribution in [0.4, 0.5) is 0 Å². The summed E-state index contributed by atoms with van der Waals surface area (Å²) in [4.78, 5) is 24.9. The summed E-state index contributed by atoms with van der Waals surface area (Å²) in [7, 11) is -14.8. The van der Waals surface area contributed by atoms with Crippen molar-refractivity contribution in [3.8, 4) is 0 Å². The molecule has 15 heteroatoms. The van der Waals surface area contributed by atoms with E-state index in [0.29, 0.717) is 0 Å². The van der Waals surface area contributed by atoms with E-state index in [1.54, 1.807) is 19.6 Å². The lowest BCUT2D eigenvalue weighted by Gasteiger charge is -2.46. The lowest BCUT2D eigenvalue weighted by molar-refractivity contribution is -0.187. The van der Waals surface area contributed by atoms with Crippen molar-refractivity contribution in [2.24, 2.45) is 0 Å². The fourth-order valence-corrected chi connectivity index (χ4v) is 25.2. The molecule has 1 saturated heterocycles. The van der Waals surface area contributed by atoms with Gasteiger partial charge in [-0.15, -0.1) is 0 Å². The smallest absolute Gasteiger partial charge is 0.416 e. The van der Waals surface area contributed by atoms with Gasteiger partial charge in [0.25, 0.3) is 0 Å². The van der Waals surface area contributed by atoms with Crippen LogP contribution in [-0.4, -0.2) is 66.0 Å². The zero-order chi connectivity index (χ0) is 21.2. The maximum atomic E-state index is 8.31. The van der Waals surface area contributed by atoms with Gasteiger partial charge in [-0.05, 0) is 72.0 Å². The van der Waals surface area contributed by atoms with Crippen molar-refractivity contribution >= 4 is 51.6 Å². The SMILES string of the molecule is C[Si](C)(C)OO[Si](O)(O)O.C[Si]1(C)O[Si](C)(C)O[Si](C)(C)O[Si](C)(C)O1. The molecule has 1 rings (SSSR count). The van der Waals surface area contributed by atoms with E-state index >= 15 is 0 Å². The topological polar surface area (TPSA) is 116 Å². The zero-order valence-corrected chi connectivity index (χ0v) is 23.8. The molecule has 0 bridgehead atoms. The maximum Gasteiger partial charge on any atom is 0.698 e. The summed E-state index contributed by atoms with van der Waals surface area (Å²) < 4.78 is 33.1. The van der Waals surface area contributed by atoms with Crippen LogP contribution >= 0.6 is 0 Å². The molecule has 1 aliphatic rings. The van der Waals surface area contributed by atoms with Crippen molar-refractivity contribution < 1.29 is 40.0 Å². The van der Waals surface area contributed by atoms with Gasteiger partial charge >= 0.3 is 43.3 Å². The Morgan fingerprint density at radius 1 is 0.538 bits per heavy atom. The first kappa shape index (κ1) is 26.9. The lowest BCUT2D eigenvalue weighted by Crippen LogP contribution is -2.64. The van der Waals surface area contributed by atoms with E-state index in [2.05, 4.69) is 61.5 Å². The van der Waals surface area contributed by atoms with Crippen molar-refractivity contribution in [1.29, 1.82) is 0 Å². The van der Waals surface area contributed by atoms with Crippen LogP contribution in [0.1, 0.15) is 0 Å². The van der Waals surface area contributed by atoms with Gasteiger partial charge in [0.1, 0.15) is 0 Å². The summed E-state index contributed by atoms with van der Waals surface area (Å²) in [6.07, 6.45) is 0. The van der Waals surface area contributed by atoms with Crippen molar-refractivity contribution in [2.45, 2.75) is 72.0 Å². The normalized spacial score (nSPS) is 24.7. The fraction of sp³-hybridized carbons (Fsp3) is 1.00. The van der Waals surface area contributed by atoms with Gasteiger partial charge in [-0.1, -0.05) is 0 Å². The Morgan fingerprint density at radius 3 is 0.885 bits per heavy atom. The first-order chi connectivity index (χ1) is 11.0. The molecule has 0 aromatic carbocycles. The Morgan fingerprint density at radius 2 is 0.769 bits per heavy atom. The molecule has 158 valence electrons. The molecular weight excluding hydrogens is 445 g/mol. The van der Waals surface area contributed by atoms with Crippen molar-refractivity contribution in [3.05, 3.63) is 0 Å². The first-order valence-corrected chi connectivity index (χ1v) is 24.8. The molecule has 0 radical (unpaired) electrons. The average molecular weight is 481 g/mol. The van der Waals surface area contributed by atoms with Crippen LogP contribution in [0, 0.1) is 0 Å². The van der Waals surface area contributed by atoms with E-state index in [1.807, 2.05) is 0 Å². The number of hydrogen-bond donors (Lipinski definition) is 3. The molecule has 1 heterocycles. The summed E-state index contributed by atoms with van der Waals surface area (Å²) in [6, 6.07) is 0. The van der Waals surface area contributed by atoms with Gasteiger partial charge in [-0.2, -0.15) is 0 Å². The minimum absolute atomic E-state index is 1.78.